The van der Waals surface area contributed by atoms with Gasteiger partial charge >= 0.3 is 0 Å². The maximum absolute atomic E-state index is 5.84. The molecular weight excluding hydrogens is 237 g/mol. The van der Waals surface area contributed by atoms with Crippen molar-refractivity contribution in [2.45, 2.75) is 18.9 Å². The van der Waals surface area contributed by atoms with Crippen LogP contribution in [0.5, 0.6) is 5.75 Å². The summed E-state index contributed by atoms with van der Waals surface area (Å²) in [6.07, 6.45) is 2.26. The largest absolute Gasteiger partial charge is 0.486 e. The van der Waals surface area contributed by atoms with Crippen molar-refractivity contribution in [3.63, 3.8) is 0 Å². The summed E-state index contributed by atoms with van der Waals surface area (Å²) in [4.78, 5) is 0. The highest BCUT2D eigenvalue weighted by atomic mass is 35.5. The lowest BCUT2D eigenvalue weighted by Crippen LogP contribution is -2.37. The van der Waals surface area contributed by atoms with Crippen molar-refractivity contribution in [2.75, 3.05) is 13.1 Å². The fourth-order valence-corrected chi connectivity index (χ4v) is 1.79. The van der Waals surface area contributed by atoms with Gasteiger partial charge in [-0.25, -0.2) is 0 Å². The Morgan fingerprint density at radius 1 is 1.40 bits per heavy atom. The van der Waals surface area contributed by atoms with Crippen molar-refractivity contribution in [2.24, 2.45) is 0 Å². The molecule has 0 aliphatic carbocycles. The van der Waals surface area contributed by atoms with E-state index in [1.54, 1.807) is 6.07 Å². The minimum absolute atomic E-state index is 0.136. The number of hydrogen-bond acceptors (Lipinski definition) is 4. The monoisotopic (exact) mass is 247 g/mol. The molecule has 1 aromatic heterocycles. The Morgan fingerprint density at radius 2 is 2.27 bits per heavy atom. The summed E-state index contributed by atoms with van der Waals surface area (Å²) in [7, 11) is 0. The van der Waals surface area contributed by atoms with E-state index in [0.29, 0.717) is 5.75 Å². The van der Waals surface area contributed by atoms with Gasteiger partial charge < -0.3 is 10.1 Å². The second-order valence-corrected chi connectivity index (χ2v) is 4.15. The van der Waals surface area contributed by atoms with Gasteiger partial charge in [-0.15, -0.1) is 10.2 Å². The summed E-state index contributed by atoms with van der Waals surface area (Å²) >= 11 is 11.5. The molecule has 1 atom stereocenters. The zero-order valence-corrected chi connectivity index (χ0v) is 9.55. The average molecular weight is 248 g/mol. The summed E-state index contributed by atoms with van der Waals surface area (Å²) in [6.45, 7) is 1.87. The third-order valence-corrected chi connectivity index (χ3v) is 2.68. The molecule has 0 spiro atoms. The maximum atomic E-state index is 5.84. The molecule has 1 aliphatic heterocycles. The number of halogens is 2. The van der Waals surface area contributed by atoms with Crippen LogP contribution in [0.3, 0.4) is 0 Å². The van der Waals surface area contributed by atoms with Crippen LogP contribution in [0.4, 0.5) is 0 Å². The van der Waals surface area contributed by atoms with E-state index in [2.05, 4.69) is 15.5 Å². The predicted molar refractivity (Wildman–Crippen MR) is 58.6 cm³/mol. The SMILES string of the molecule is Clc1cc(OC2CCCNC2)c(Cl)nn1. The van der Waals surface area contributed by atoms with E-state index in [4.69, 9.17) is 27.9 Å². The molecule has 1 saturated heterocycles. The van der Waals surface area contributed by atoms with Gasteiger partial charge in [-0.2, -0.15) is 0 Å². The fraction of sp³-hybridized carbons (Fsp3) is 0.556. The molecule has 0 radical (unpaired) electrons. The van der Waals surface area contributed by atoms with Crippen LogP contribution in [0, 0.1) is 0 Å². The summed E-state index contributed by atoms with van der Waals surface area (Å²) in [6, 6.07) is 1.59. The van der Waals surface area contributed by atoms with Crippen molar-refractivity contribution < 1.29 is 4.74 Å². The van der Waals surface area contributed by atoms with E-state index in [1.165, 1.54) is 0 Å². The molecule has 1 unspecified atom stereocenters. The lowest BCUT2D eigenvalue weighted by Gasteiger charge is -2.23. The van der Waals surface area contributed by atoms with Gasteiger partial charge in [0.15, 0.2) is 16.1 Å². The zero-order chi connectivity index (χ0) is 10.7. The van der Waals surface area contributed by atoms with Gasteiger partial charge in [0.1, 0.15) is 6.10 Å². The summed E-state index contributed by atoms with van der Waals surface area (Å²) in [5, 5.41) is 11.1. The third-order valence-electron chi connectivity index (χ3n) is 2.23. The Bertz CT molecular complexity index is 342. The molecular formula is C9H11Cl2N3O. The number of ether oxygens (including phenoxy) is 1. The smallest absolute Gasteiger partial charge is 0.193 e. The second-order valence-electron chi connectivity index (χ2n) is 3.41. The molecule has 4 nitrogen and oxygen atoms in total. The molecule has 1 aliphatic rings. The van der Waals surface area contributed by atoms with E-state index in [9.17, 15) is 0 Å². The van der Waals surface area contributed by atoms with Crippen LogP contribution in [-0.4, -0.2) is 29.4 Å². The number of rotatable bonds is 2. The van der Waals surface area contributed by atoms with Crippen molar-refractivity contribution in [3.8, 4) is 5.75 Å². The van der Waals surface area contributed by atoms with Crippen LogP contribution >= 0.6 is 23.2 Å². The number of aromatic nitrogens is 2. The molecule has 1 N–H and O–H groups in total. The molecule has 0 bridgehead atoms. The fourth-order valence-electron chi connectivity index (χ4n) is 1.52. The van der Waals surface area contributed by atoms with Crippen LogP contribution in [0.25, 0.3) is 0 Å². The van der Waals surface area contributed by atoms with Crippen molar-refractivity contribution in [1.29, 1.82) is 0 Å². The van der Waals surface area contributed by atoms with Crippen LogP contribution in [0.2, 0.25) is 10.3 Å². The molecule has 15 heavy (non-hydrogen) atoms. The molecule has 2 rings (SSSR count). The van der Waals surface area contributed by atoms with E-state index < -0.39 is 0 Å². The van der Waals surface area contributed by atoms with Gasteiger partial charge in [-0.3, -0.25) is 0 Å². The van der Waals surface area contributed by atoms with Gasteiger partial charge in [0.2, 0.25) is 0 Å². The van der Waals surface area contributed by atoms with E-state index in [0.717, 1.165) is 25.9 Å². The molecule has 2 heterocycles. The number of piperidine rings is 1. The average Bonchev–Trinajstić information content (AvgIpc) is 2.25. The first-order valence-electron chi connectivity index (χ1n) is 4.82. The van der Waals surface area contributed by atoms with Crippen LogP contribution in [0.1, 0.15) is 12.8 Å². The summed E-state index contributed by atoms with van der Waals surface area (Å²) in [5.74, 6) is 0.505. The van der Waals surface area contributed by atoms with Crippen molar-refractivity contribution in [1.82, 2.24) is 15.5 Å². The van der Waals surface area contributed by atoms with Crippen LogP contribution < -0.4 is 10.1 Å². The minimum Gasteiger partial charge on any atom is -0.486 e. The highest BCUT2D eigenvalue weighted by Gasteiger charge is 2.16. The zero-order valence-electron chi connectivity index (χ0n) is 8.04. The quantitative estimate of drug-likeness (QED) is 0.868. The third kappa shape index (κ3) is 2.93. The normalized spacial score (nSPS) is 21.3. The Morgan fingerprint density at radius 3 is 3.00 bits per heavy atom. The van der Waals surface area contributed by atoms with E-state index in [1.807, 2.05) is 0 Å². The molecule has 82 valence electrons. The maximum Gasteiger partial charge on any atom is 0.193 e. The first-order valence-corrected chi connectivity index (χ1v) is 5.57. The van der Waals surface area contributed by atoms with E-state index in [-0.39, 0.29) is 16.4 Å². The summed E-state index contributed by atoms with van der Waals surface area (Å²) in [5.41, 5.74) is 0. The van der Waals surface area contributed by atoms with Gasteiger partial charge in [0.25, 0.3) is 0 Å². The number of nitrogens with one attached hydrogen (secondary N) is 1. The Balaban J connectivity index is 2.05. The molecule has 1 aromatic rings. The Kier molecular flexibility index (Phi) is 3.61. The highest BCUT2D eigenvalue weighted by molar-refractivity contribution is 6.32. The molecule has 0 saturated carbocycles. The molecule has 0 amide bonds. The number of nitrogens with zero attached hydrogens (tertiary/aromatic N) is 2. The highest BCUT2D eigenvalue weighted by Crippen LogP contribution is 2.25. The molecule has 6 heteroatoms. The minimum atomic E-state index is 0.136. The lowest BCUT2D eigenvalue weighted by molar-refractivity contribution is 0.166. The van der Waals surface area contributed by atoms with E-state index >= 15 is 0 Å². The molecule has 0 aromatic carbocycles. The topological polar surface area (TPSA) is 47.0 Å². The summed E-state index contributed by atoms with van der Waals surface area (Å²) < 4.78 is 5.69. The van der Waals surface area contributed by atoms with Crippen molar-refractivity contribution in [3.05, 3.63) is 16.4 Å². The standard InChI is InChI=1S/C9H11Cl2N3O/c10-8-4-7(9(11)14-13-8)15-6-2-1-3-12-5-6/h4,6,12H,1-3,5H2. The van der Waals surface area contributed by atoms with Crippen molar-refractivity contribution >= 4 is 23.2 Å². The predicted octanol–water partition coefficient (Wildman–Crippen LogP) is 1.91. The first kappa shape index (κ1) is 10.9. The van der Waals surface area contributed by atoms with Gasteiger partial charge in [0.05, 0.1) is 0 Å². The van der Waals surface area contributed by atoms with Gasteiger partial charge in [-0.05, 0) is 19.4 Å². The lowest BCUT2D eigenvalue weighted by atomic mass is 10.1. The van der Waals surface area contributed by atoms with Gasteiger partial charge in [0, 0.05) is 12.6 Å². The van der Waals surface area contributed by atoms with Crippen LogP contribution in [0.15, 0.2) is 6.07 Å². The Labute approximate surface area is 97.9 Å². The first-order chi connectivity index (χ1) is 7.25. The Hall–Kier alpha value is -0.580. The van der Waals surface area contributed by atoms with Gasteiger partial charge in [-0.1, -0.05) is 23.2 Å². The van der Waals surface area contributed by atoms with Crippen LogP contribution in [-0.2, 0) is 0 Å². The molecule has 1 fully saturated rings. The second kappa shape index (κ2) is 4.96. The number of hydrogen-bond donors (Lipinski definition) is 1.